The minimum absolute atomic E-state index is 0.200. The number of amides is 2. The van der Waals surface area contributed by atoms with E-state index in [4.69, 9.17) is 4.74 Å². The molecular formula is C20H19F3N4O3. The Bertz CT molecular complexity index is 968. The first-order chi connectivity index (χ1) is 14.2. The third kappa shape index (κ3) is 3.77. The van der Waals surface area contributed by atoms with Crippen LogP contribution >= 0.6 is 0 Å². The fraction of sp³-hybridized carbons (Fsp3) is 0.350. The Balaban J connectivity index is 1.63. The summed E-state index contributed by atoms with van der Waals surface area (Å²) in [6, 6.07) is 9.25. The number of benzene rings is 1. The van der Waals surface area contributed by atoms with Gasteiger partial charge in [0.1, 0.15) is 17.5 Å². The molecule has 2 aliphatic rings. The molecule has 0 spiro atoms. The van der Waals surface area contributed by atoms with Gasteiger partial charge in [-0.1, -0.05) is 18.2 Å². The van der Waals surface area contributed by atoms with Gasteiger partial charge in [-0.05, 0) is 37.6 Å². The third-order valence-electron chi connectivity index (χ3n) is 5.17. The number of carbonyl (C=O) groups is 2. The van der Waals surface area contributed by atoms with Crippen molar-refractivity contribution < 1.29 is 27.5 Å². The molecule has 158 valence electrons. The van der Waals surface area contributed by atoms with E-state index in [1.165, 1.54) is 11.0 Å². The summed E-state index contributed by atoms with van der Waals surface area (Å²) in [6.07, 6.45) is -4.53. The number of aromatic nitrogens is 1. The molecule has 2 aromatic rings. The van der Waals surface area contributed by atoms with Crippen molar-refractivity contribution in [2.24, 2.45) is 0 Å². The van der Waals surface area contributed by atoms with E-state index in [1.54, 1.807) is 36.4 Å². The molecule has 0 aliphatic carbocycles. The molecule has 1 N–H and O–H groups in total. The molecule has 4 rings (SSSR count). The van der Waals surface area contributed by atoms with E-state index in [0.29, 0.717) is 30.9 Å². The second-order valence-corrected chi connectivity index (χ2v) is 7.22. The van der Waals surface area contributed by atoms with Gasteiger partial charge in [-0.2, -0.15) is 13.2 Å². The van der Waals surface area contributed by atoms with E-state index >= 15 is 0 Å². The first-order valence-corrected chi connectivity index (χ1v) is 9.43. The summed E-state index contributed by atoms with van der Waals surface area (Å²) in [5.41, 5.74) is 0.430. The number of anilines is 2. The van der Waals surface area contributed by atoms with Crippen LogP contribution in [0.15, 0.2) is 42.5 Å². The van der Waals surface area contributed by atoms with E-state index in [0.717, 1.165) is 6.92 Å². The molecule has 3 heterocycles. The van der Waals surface area contributed by atoms with Gasteiger partial charge >= 0.3 is 12.3 Å². The molecule has 2 amide bonds. The van der Waals surface area contributed by atoms with E-state index < -0.39 is 24.2 Å². The Morgan fingerprint density at radius 3 is 2.63 bits per heavy atom. The quantitative estimate of drug-likeness (QED) is 0.824. The smallest absolute Gasteiger partial charge is 0.410 e. The van der Waals surface area contributed by atoms with Crippen LogP contribution in [-0.4, -0.2) is 48.3 Å². The van der Waals surface area contributed by atoms with Gasteiger partial charge in [0, 0.05) is 13.1 Å². The first-order valence-electron chi connectivity index (χ1n) is 9.43. The predicted octanol–water partition coefficient (Wildman–Crippen LogP) is 3.36. The summed E-state index contributed by atoms with van der Waals surface area (Å²) in [4.78, 5) is 32.9. The van der Waals surface area contributed by atoms with Crippen LogP contribution in [-0.2, 0) is 0 Å². The van der Waals surface area contributed by atoms with Crippen LogP contribution in [0.2, 0.25) is 0 Å². The van der Waals surface area contributed by atoms with E-state index in [-0.39, 0.29) is 17.6 Å². The topological polar surface area (TPSA) is 74.8 Å². The minimum atomic E-state index is -4.57. The number of ether oxygens (including phenoxy) is 1. The van der Waals surface area contributed by atoms with Crippen molar-refractivity contribution in [3.05, 3.63) is 48.2 Å². The molecule has 2 aliphatic heterocycles. The maximum atomic E-state index is 12.9. The Morgan fingerprint density at radius 1 is 1.20 bits per heavy atom. The summed E-state index contributed by atoms with van der Waals surface area (Å²) < 4.78 is 43.8. The highest BCUT2D eigenvalue weighted by Gasteiger charge is 2.42. The number of nitrogens with zero attached hydrogens (tertiary/aromatic N) is 3. The molecular weight excluding hydrogens is 401 g/mol. The molecule has 30 heavy (non-hydrogen) atoms. The van der Waals surface area contributed by atoms with Crippen molar-refractivity contribution in [1.29, 1.82) is 0 Å². The van der Waals surface area contributed by atoms with Gasteiger partial charge in [0.15, 0.2) is 5.82 Å². The Labute approximate surface area is 170 Å². The number of pyridine rings is 1. The highest BCUT2D eigenvalue weighted by atomic mass is 19.4. The number of rotatable bonds is 3. The van der Waals surface area contributed by atoms with E-state index in [2.05, 4.69) is 4.98 Å². The Hall–Kier alpha value is -3.30. The standard InChI is InChI=1S/C20H19F3N4O3/c1-12(20(21,22)23)24-18(28)15-7-8-16-17(25-15)27(13-9-10-26(16)11-13)19(29)30-14-5-3-2-4-6-14/h2-8,12-13H,9-11H2,1H3,(H,24,28)/t12-,13-/m1/s1. The average Bonchev–Trinajstić information content (AvgIpc) is 3.12. The number of para-hydroxylation sites is 1. The summed E-state index contributed by atoms with van der Waals surface area (Å²) in [5.74, 6) is -0.402. The van der Waals surface area contributed by atoms with Gasteiger partial charge in [-0.15, -0.1) is 0 Å². The van der Waals surface area contributed by atoms with Gasteiger partial charge in [0.05, 0.1) is 11.7 Å². The van der Waals surface area contributed by atoms with Crippen LogP contribution < -0.4 is 19.9 Å². The molecule has 10 heteroatoms. The van der Waals surface area contributed by atoms with Crippen molar-refractivity contribution in [3.8, 4) is 5.75 Å². The highest BCUT2D eigenvalue weighted by Crippen LogP contribution is 2.39. The maximum absolute atomic E-state index is 12.9. The van der Waals surface area contributed by atoms with Crippen LogP contribution in [0.3, 0.4) is 0 Å². The van der Waals surface area contributed by atoms with Crippen LogP contribution in [0.5, 0.6) is 5.75 Å². The van der Waals surface area contributed by atoms with Gasteiger partial charge in [-0.3, -0.25) is 9.69 Å². The fourth-order valence-electron chi connectivity index (χ4n) is 3.56. The van der Waals surface area contributed by atoms with Crippen LogP contribution in [0, 0.1) is 0 Å². The number of fused-ring (bicyclic) bond motifs is 4. The van der Waals surface area contributed by atoms with Crippen LogP contribution in [0.1, 0.15) is 23.8 Å². The second kappa shape index (κ2) is 7.51. The van der Waals surface area contributed by atoms with Gasteiger partial charge < -0.3 is 15.0 Å². The number of nitrogens with one attached hydrogen (secondary N) is 1. The lowest BCUT2D eigenvalue weighted by atomic mass is 10.1. The summed E-state index contributed by atoms with van der Waals surface area (Å²) in [6.45, 7) is 2.14. The number of carbonyl (C=O) groups excluding carboxylic acids is 2. The average molecular weight is 420 g/mol. The SMILES string of the molecule is C[C@@H](NC(=O)c1ccc2c(n1)N(C(=O)Oc1ccccc1)[C@@H]1CCN2C1)C(F)(F)F. The molecule has 1 saturated heterocycles. The normalized spacial score (nSPS) is 18.6. The lowest BCUT2D eigenvalue weighted by molar-refractivity contribution is -0.149. The van der Waals surface area contributed by atoms with Gasteiger partial charge in [0.25, 0.3) is 5.91 Å². The zero-order chi connectivity index (χ0) is 21.5. The summed E-state index contributed by atoms with van der Waals surface area (Å²) >= 11 is 0. The largest absolute Gasteiger partial charge is 0.421 e. The first kappa shape index (κ1) is 20.0. The van der Waals surface area contributed by atoms with Crippen molar-refractivity contribution >= 4 is 23.5 Å². The Kier molecular flexibility index (Phi) is 5.00. The van der Waals surface area contributed by atoms with E-state index in [9.17, 15) is 22.8 Å². The predicted molar refractivity (Wildman–Crippen MR) is 103 cm³/mol. The molecule has 1 aromatic heterocycles. The molecule has 7 nitrogen and oxygen atoms in total. The number of alkyl halides is 3. The zero-order valence-corrected chi connectivity index (χ0v) is 16.0. The maximum Gasteiger partial charge on any atom is 0.421 e. The van der Waals surface area contributed by atoms with E-state index in [1.807, 2.05) is 10.2 Å². The van der Waals surface area contributed by atoms with Gasteiger partial charge in [0.2, 0.25) is 0 Å². The van der Waals surface area contributed by atoms with Crippen LogP contribution in [0.25, 0.3) is 0 Å². The number of hydrogen-bond acceptors (Lipinski definition) is 5. The van der Waals surface area contributed by atoms with Crippen LogP contribution in [0.4, 0.5) is 29.5 Å². The van der Waals surface area contributed by atoms with Crippen molar-refractivity contribution in [2.75, 3.05) is 22.9 Å². The number of halogens is 3. The van der Waals surface area contributed by atoms with Crippen molar-refractivity contribution in [1.82, 2.24) is 10.3 Å². The highest BCUT2D eigenvalue weighted by molar-refractivity contribution is 5.98. The fourth-order valence-corrected chi connectivity index (χ4v) is 3.56. The lowest BCUT2D eigenvalue weighted by Gasteiger charge is -2.35. The van der Waals surface area contributed by atoms with Crippen molar-refractivity contribution in [3.63, 3.8) is 0 Å². The van der Waals surface area contributed by atoms with Crippen molar-refractivity contribution in [2.45, 2.75) is 31.6 Å². The molecule has 0 radical (unpaired) electrons. The molecule has 2 bridgehead atoms. The molecule has 0 unspecified atom stereocenters. The molecule has 2 atom stereocenters. The molecule has 0 saturated carbocycles. The summed E-state index contributed by atoms with van der Waals surface area (Å²) in [5, 5.41) is 1.89. The molecule has 1 fully saturated rings. The monoisotopic (exact) mass is 420 g/mol. The third-order valence-corrected chi connectivity index (χ3v) is 5.17. The minimum Gasteiger partial charge on any atom is -0.410 e. The zero-order valence-electron chi connectivity index (χ0n) is 16.0. The van der Waals surface area contributed by atoms with Gasteiger partial charge in [-0.25, -0.2) is 9.78 Å². The number of hydrogen-bond donors (Lipinski definition) is 1. The molecule has 1 aromatic carbocycles. The second-order valence-electron chi connectivity index (χ2n) is 7.22. The summed E-state index contributed by atoms with van der Waals surface area (Å²) in [7, 11) is 0. The lowest BCUT2D eigenvalue weighted by Crippen LogP contribution is -2.48. The Morgan fingerprint density at radius 2 is 1.93 bits per heavy atom.